The summed E-state index contributed by atoms with van der Waals surface area (Å²) in [5.41, 5.74) is 7.39. The smallest absolute Gasteiger partial charge is 0.129 e. The SMILES string of the molecule is NC(c1c(F)cccc1Cl)c1cccc2cnccc12. The van der Waals surface area contributed by atoms with Crippen molar-refractivity contribution in [3.8, 4) is 0 Å². The molecule has 3 rings (SSSR count). The first kappa shape index (κ1) is 13.0. The van der Waals surface area contributed by atoms with E-state index in [1.807, 2.05) is 24.3 Å². The van der Waals surface area contributed by atoms with Crippen LogP contribution in [0.1, 0.15) is 17.2 Å². The van der Waals surface area contributed by atoms with Gasteiger partial charge in [0.05, 0.1) is 6.04 Å². The zero-order valence-corrected chi connectivity index (χ0v) is 11.3. The van der Waals surface area contributed by atoms with Gasteiger partial charge in [0, 0.05) is 28.4 Å². The third-order valence-corrected chi connectivity index (χ3v) is 3.69. The molecule has 1 heterocycles. The minimum Gasteiger partial charge on any atom is -0.320 e. The largest absolute Gasteiger partial charge is 0.320 e. The van der Waals surface area contributed by atoms with Crippen molar-refractivity contribution < 1.29 is 4.39 Å². The quantitative estimate of drug-likeness (QED) is 0.771. The van der Waals surface area contributed by atoms with Crippen LogP contribution in [-0.4, -0.2) is 4.98 Å². The van der Waals surface area contributed by atoms with E-state index in [0.29, 0.717) is 10.6 Å². The number of nitrogens with two attached hydrogens (primary N) is 1. The summed E-state index contributed by atoms with van der Waals surface area (Å²) in [5.74, 6) is -0.393. The van der Waals surface area contributed by atoms with Gasteiger partial charge in [-0.25, -0.2) is 4.39 Å². The number of hydrogen-bond acceptors (Lipinski definition) is 2. The van der Waals surface area contributed by atoms with E-state index in [4.69, 9.17) is 17.3 Å². The van der Waals surface area contributed by atoms with Crippen molar-refractivity contribution in [3.63, 3.8) is 0 Å². The second kappa shape index (κ2) is 5.19. The summed E-state index contributed by atoms with van der Waals surface area (Å²) in [6, 6.07) is 11.6. The second-order valence-electron chi connectivity index (χ2n) is 4.56. The van der Waals surface area contributed by atoms with Gasteiger partial charge in [-0.3, -0.25) is 4.98 Å². The average molecular weight is 287 g/mol. The van der Waals surface area contributed by atoms with Crippen LogP contribution in [0.25, 0.3) is 10.8 Å². The maximum Gasteiger partial charge on any atom is 0.129 e. The van der Waals surface area contributed by atoms with E-state index in [0.717, 1.165) is 16.3 Å². The van der Waals surface area contributed by atoms with Crippen molar-refractivity contribution in [1.82, 2.24) is 4.98 Å². The van der Waals surface area contributed by atoms with Gasteiger partial charge in [0.25, 0.3) is 0 Å². The Morgan fingerprint density at radius 2 is 1.90 bits per heavy atom. The van der Waals surface area contributed by atoms with Crippen LogP contribution in [0.3, 0.4) is 0 Å². The van der Waals surface area contributed by atoms with Gasteiger partial charge >= 0.3 is 0 Å². The first-order chi connectivity index (χ1) is 9.68. The summed E-state index contributed by atoms with van der Waals surface area (Å²) < 4.78 is 14.0. The Labute approximate surface area is 121 Å². The maximum atomic E-state index is 14.0. The summed E-state index contributed by atoms with van der Waals surface area (Å²) in [6.45, 7) is 0. The first-order valence-electron chi connectivity index (χ1n) is 6.20. The molecule has 0 radical (unpaired) electrons. The lowest BCUT2D eigenvalue weighted by Gasteiger charge is -2.17. The van der Waals surface area contributed by atoms with Gasteiger partial charge in [-0.05, 0) is 29.1 Å². The molecule has 0 aliphatic carbocycles. The molecule has 0 spiro atoms. The molecule has 0 bridgehead atoms. The Morgan fingerprint density at radius 3 is 2.70 bits per heavy atom. The lowest BCUT2D eigenvalue weighted by Crippen LogP contribution is -2.14. The van der Waals surface area contributed by atoms with Crippen LogP contribution in [-0.2, 0) is 0 Å². The molecule has 0 saturated heterocycles. The van der Waals surface area contributed by atoms with E-state index in [2.05, 4.69) is 4.98 Å². The fraction of sp³-hybridized carbons (Fsp3) is 0.0625. The highest BCUT2D eigenvalue weighted by molar-refractivity contribution is 6.31. The summed E-state index contributed by atoms with van der Waals surface area (Å²) in [4.78, 5) is 4.08. The fourth-order valence-corrected chi connectivity index (χ4v) is 2.66. The molecule has 1 aromatic heterocycles. The maximum absolute atomic E-state index is 14.0. The molecule has 100 valence electrons. The molecule has 2 nitrogen and oxygen atoms in total. The van der Waals surface area contributed by atoms with Crippen molar-refractivity contribution in [2.24, 2.45) is 5.73 Å². The molecule has 0 fully saturated rings. The molecule has 3 aromatic rings. The zero-order valence-electron chi connectivity index (χ0n) is 10.6. The number of pyridine rings is 1. The normalized spacial score (nSPS) is 12.6. The van der Waals surface area contributed by atoms with Crippen molar-refractivity contribution in [2.45, 2.75) is 6.04 Å². The van der Waals surface area contributed by atoms with E-state index >= 15 is 0 Å². The van der Waals surface area contributed by atoms with Crippen LogP contribution < -0.4 is 5.73 Å². The predicted molar refractivity (Wildman–Crippen MR) is 79.2 cm³/mol. The van der Waals surface area contributed by atoms with Gasteiger partial charge in [-0.2, -0.15) is 0 Å². The average Bonchev–Trinajstić information content (AvgIpc) is 2.46. The monoisotopic (exact) mass is 286 g/mol. The van der Waals surface area contributed by atoms with Crippen molar-refractivity contribution in [3.05, 3.63) is 76.8 Å². The highest BCUT2D eigenvalue weighted by Gasteiger charge is 2.18. The van der Waals surface area contributed by atoms with Gasteiger partial charge < -0.3 is 5.73 Å². The third-order valence-electron chi connectivity index (χ3n) is 3.36. The van der Waals surface area contributed by atoms with Gasteiger partial charge in [0.2, 0.25) is 0 Å². The predicted octanol–water partition coefficient (Wildman–Crippen LogP) is 4.08. The van der Waals surface area contributed by atoms with Gasteiger partial charge in [0.1, 0.15) is 5.82 Å². The number of hydrogen-bond donors (Lipinski definition) is 1. The van der Waals surface area contributed by atoms with Crippen LogP contribution in [0.5, 0.6) is 0 Å². The van der Waals surface area contributed by atoms with E-state index in [1.165, 1.54) is 6.07 Å². The fourth-order valence-electron chi connectivity index (χ4n) is 2.38. The topological polar surface area (TPSA) is 38.9 Å². The van der Waals surface area contributed by atoms with E-state index in [1.54, 1.807) is 24.5 Å². The van der Waals surface area contributed by atoms with Crippen LogP contribution in [0.15, 0.2) is 54.9 Å². The van der Waals surface area contributed by atoms with Crippen molar-refractivity contribution in [1.29, 1.82) is 0 Å². The van der Waals surface area contributed by atoms with Crippen LogP contribution >= 0.6 is 11.6 Å². The number of fused-ring (bicyclic) bond motifs is 1. The van der Waals surface area contributed by atoms with Crippen molar-refractivity contribution in [2.75, 3.05) is 0 Å². The third kappa shape index (κ3) is 2.15. The van der Waals surface area contributed by atoms with Crippen LogP contribution in [0, 0.1) is 5.82 Å². The lowest BCUT2D eigenvalue weighted by molar-refractivity contribution is 0.600. The van der Waals surface area contributed by atoms with E-state index in [-0.39, 0.29) is 0 Å². The number of halogens is 2. The molecular weight excluding hydrogens is 275 g/mol. The second-order valence-corrected chi connectivity index (χ2v) is 4.96. The first-order valence-corrected chi connectivity index (χ1v) is 6.58. The Hall–Kier alpha value is -1.97. The van der Waals surface area contributed by atoms with E-state index < -0.39 is 11.9 Å². The van der Waals surface area contributed by atoms with Gasteiger partial charge in [0.15, 0.2) is 0 Å². The summed E-state index contributed by atoms with van der Waals surface area (Å²) >= 11 is 6.09. The Morgan fingerprint density at radius 1 is 1.10 bits per heavy atom. The Kier molecular flexibility index (Phi) is 3.38. The molecule has 1 unspecified atom stereocenters. The summed E-state index contributed by atoms with van der Waals surface area (Å²) in [5, 5.41) is 2.26. The standard InChI is InChI=1S/C16H12ClFN2/c17-13-5-2-6-14(18)15(13)16(19)12-4-1-3-10-9-20-8-7-11(10)12/h1-9,16H,19H2. The summed E-state index contributed by atoms with van der Waals surface area (Å²) in [7, 11) is 0. The number of nitrogens with zero attached hydrogens (tertiary/aromatic N) is 1. The minimum absolute atomic E-state index is 0.318. The molecular formula is C16H12ClFN2. The highest BCUT2D eigenvalue weighted by Crippen LogP contribution is 2.32. The lowest BCUT2D eigenvalue weighted by atomic mass is 9.95. The van der Waals surface area contributed by atoms with Gasteiger partial charge in [-0.15, -0.1) is 0 Å². The molecule has 1 atom stereocenters. The Bertz CT molecular complexity index is 748. The van der Waals surface area contributed by atoms with Crippen LogP contribution in [0.2, 0.25) is 5.02 Å². The van der Waals surface area contributed by atoms with Crippen molar-refractivity contribution >= 4 is 22.4 Å². The zero-order chi connectivity index (χ0) is 14.1. The highest BCUT2D eigenvalue weighted by atomic mass is 35.5. The molecule has 0 aliphatic heterocycles. The summed E-state index contributed by atoms with van der Waals surface area (Å²) in [6.07, 6.45) is 3.45. The molecule has 0 saturated carbocycles. The van der Waals surface area contributed by atoms with E-state index in [9.17, 15) is 4.39 Å². The molecule has 0 amide bonds. The molecule has 0 aliphatic rings. The molecule has 20 heavy (non-hydrogen) atoms. The molecule has 2 N–H and O–H groups in total. The van der Waals surface area contributed by atoms with Gasteiger partial charge in [-0.1, -0.05) is 35.9 Å². The number of aromatic nitrogens is 1. The molecule has 2 aromatic carbocycles. The minimum atomic E-state index is -0.616. The Balaban J connectivity index is 2.21. The number of rotatable bonds is 2. The number of benzene rings is 2. The van der Waals surface area contributed by atoms with Crippen LogP contribution in [0.4, 0.5) is 4.39 Å². The molecule has 4 heteroatoms.